The highest BCUT2D eigenvalue weighted by atomic mass is 16.3. The van der Waals surface area contributed by atoms with Crippen molar-refractivity contribution in [3.63, 3.8) is 0 Å². The van der Waals surface area contributed by atoms with Crippen LogP contribution in [0.3, 0.4) is 0 Å². The highest BCUT2D eigenvalue weighted by molar-refractivity contribution is 5.91. The summed E-state index contributed by atoms with van der Waals surface area (Å²) in [6.45, 7) is 3.46. The summed E-state index contributed by atoms with van der Waals surface area (Å²) in [7, 11) is 4.17. The van der Waals surface area contributed by atoms with Crippen LogP contribution in [-0.2, 0) is 0 Å². The highest BCUT2D eigenvalue weighted by Crippen LogP contribution is 2.23. The van der Waals surface area contributed by atoms with Gasteiger partial charge in [0.2, 0.25) is 5.82 Å². The lowest BCUT2D eigenvalue weighted by molar-refractivity contribution is 0.0651. The molecule has 4 rings (SSSR count). The number of nitrogens with zero attached hydrogens (tertiary/aromatic N) is 5. The van der Waals surface area contributed by atoms with Gasteiger partial charge in [-0.3, -0.25) is 4.79 Å². The summed E-state index contributed by atoms with van der Waals surface area (Å²) in [6, 6.07) is 12.1. The van der Waals surface area contributed by atoms with E-state index in [1.165, 1.54) is 0 Å². The summed E-state index contributed by atoms with van der Waals surface area (Å²) in [5, 5.41) is 4.55. The predicted octanol–water partition coefficient (Wildman–Crippen LogP) is 3.00. The van der Waals surface area contributed by atoms with Crippen LogP contribution in [0.4, 0.5) is 0 Å². The van der Waals surface area contributed by atoms with Crippen LogP contribution in [0.25, 0.3) is 17.3 Å². The molecule has 1 aliphatic heterocycles. The molecule has 3 heterocycles. The molecule has 0 radical (unpaired) electrons. The third-order valence-electron chi connectivity index (χ3n) is 5.27. The average Bonchev–Trinajstić information content (AvgIpc) is 3.37. The predicted molar refractivity (Wildman–Crippen MR) is 106 cm³/mol. The van der Waals surface area contributed by atoms with Gasteiger partial charge in [0.1, 0.15) is 0 Å². The maximum atomic E-state index is 13.1. The Hall–Kier alpha value is -2.93. The summed E-state index contributed by atoms with van der Waals surface area (Å²) < 4.78 is 7.22. The second kappa shape index (κ2) is 7.59. The summed E-state index contributed by atoms with van der Waals surface area (Å²) in [5.41, 5.74) is 1.96. The van der Waals surface area contributed by atoms with Crippen LogP contribution in [0.1, 0.15) is 29.0 Å². The topological polar surface area (TPSA) is 67.4 Å². The molecule has 7 nitrogen and oxygen atoms in total. The zero-order chi connectivity index (χ0) is 19.7. The second-order valence-corrected chi connectivity index (χ2v) is 7.47. The number of amides is 1. The quantitative estimate of drug-likeness (QED) is 0.697. The average molecular weight is 379 g/mol. The molecule has 0 atom stereocenters. The lowest BCUT2D eigenvalue weighted by Gasteiger charge is -2.34. The fourth-order valence-corrected chi connectivity index (χ4v) is 3.63. The number of rotatable bonds is 4. The number of hydrogen-bond donors (Lipinski definition) is 0. The van der Waals surface area contributed by atoms with Gasteiger partial charge in [-0.15, -0.1) is 5.10 Å². The molecule has 1 fully saturated rings. The molecular weight excluding hydrogens is 354 g/mol. The molecule has 28 heavy (non-hydrogen) atoms. The molecule has 0 spiro atoms. The van der Waals surface area contributed by atoms with Crippen LogP contribution in [0, 0.1) is 6.92 Å². The first-order valence-electron chi connectivity index (χ1n) is 9.56. The van der Waals surface area contributed by atoms with Gasteiger partial charge in [-0.1, -0.05) is 12.1 Å². The van der Waals surface area contributed by atoms with Crippen LogP contribution in [-0.4, -0.2) is 63.7 Å². The molecule has 146 valence electrons. The highest BCUT2D eigenvalue weighted by Gasteiger charge is 2.28. The van der Waals surface area contributed by atoms with Gasteiger partial charge in [-0.2, -0.15) is 4.98 Å². The van der Waals surface area contributed by atoms with E-state index in [4.69, 9.17) is 4.42 Å². The molecule has 0 bridgehead atoms. The van der Waals surface area contributed by atoms with Gasteiger partial charge in [0.05, 0.1) is 12.0 Å². The van der Waals surface area contributed by atoms with E-state index < -0.39 is 0 Å². The van der Waals surface area contributed by atoms with E-state index in [9.17, 15) is 4.79 Å². The normalized spacial score (nSPS) is 15.4. The third-order valence-corrected chi connectivity index (χ3v) is 5.27. The van der Waals surface area contributed by atoms with Crippen molar-refractivity contribution in [2.45, 2.75) is 25.8 Å². The Labute approximate surface area is 164 Å². The van der Waals surface area contributed by atoms with E-state index in [-0.39, 0.29) is 11.7 Å². The minimum atomic E-state index is -0.128. The maximum absolute atomic E-state index is 13.1. The Kier molecular flexibility index (Phi) is 5.00. The molecule has 2 aromatic heterocycles. The van der Waals surface area contributed by atoms with Crippen LogP contribution in [0.2, 0.25) is 0 Å². The first-order chi connectivity index (χ1) is 13.5. The largest absolute Gasteiger partial charge is 0.461 e. The number of likely N-dealkylation sites (tertiary alicyclic amines) is 1. The van der Waals surface area contributed by atoms with Gasteiger partial charge in [0.25, 0.3) is 5.91 Å². The number of piperidine rings is 1. The molecule has 0 unspecified atom stereocenters. The van der Waals surface area contributed by atoms with E-state index in [2.05, 4.69) is 29.1 Å². The summed E-state index contributed by atoms with van der Waals surface area (Å²) in [5.74, 6) is 1.19. The Bertz CT molecular complexity index is 953. The number of aromatic nitrogens is 3. The van der Waals surface area contributed by atoms with E-state index in [0.717, 1.165) is 37.2 Å². The number of furan rings is 1. The zero-order valence-electron chi connectivity index (χ0n) is 16.5. The molecular formula is C21H25N5O2. The molecule has 1 amide bonds. The Morgan fingerprint density at radius 1 is 1.18 bits per heavy atom. The number of carbonyl (C=O) groups is 1. The Balaban J connectivity index is 1.65. The maximum Gasteiger partial charge on any atom is 0.293 e. The van der Waals surface area contributed by atoms with Gasteiger partial charge in [0, 0.05) is 19.1 Å². The number of benzene rings is 1. The lowest BCUT2D eigenvalue weighted by atomic mass is 10.0. The molecule has 1 aliphatic rings. The minimum Gasteiger partial charge on any atom is -0.461 e. The molecule has 1 aromatic carbocycles. The van der Waals surface area contributed by atoms with Crippen LogP contribution in [0.15, 0.2) is 47.1 Å². The minimum absolute atomic E-state index is 0.128. The fraction of sp³-hybridized carbons (Fsp3) is 0.381. The Morgan fingerprint density at radius 3 is 2.61 bits per heavy atom. The Morgan fingerprint density at radius 2 is 1.96 bits per heavy atom. The fourth-order valence-electron chi connectivity index (χ4n) is 3.63. The van der Waals surface area contributed by atoms with Gasteiger partial charge < -0.3 is 14.2 Å². The lowest BCUT2D eigenvalue weighted by Crippen LogP contribution is -2.44. The molecule has 0 aliphatic carbocycles. The van der Waals surface area contributed by atoms with Crippen molar-refractivity contribution in [2.24, 2.45) is 0 Å². The smallest absolute Gasteiger partial charge is 0.293 e. The van der Waals surface area contributed by atoms with Crippen molar-refractivity contribution in [1.82, 2.24) is 24.6 Å². The standard InChI is InChI=1S/C21H25N5O2/c1-15-6-4-7-17(14-15)26-20(18-8-5-13-28-18)22-19(23-26)21(27)25-11-9-16(10-12-25)24(2)3/h4-8,13-14,16H,9-12H2,1-3H3. The van der Waals surface area contributed by atoms with Crippen molar-refractivity contribution in [3.8, 4) is 17.3 Å². The molecule has 0 N–H and O–H groups in total. The zero-order valence-corrected chi connectivity index (χ0v) is 16.5. The van der Waals surface area contributed by atoms with Gasteiger partial charge in [0.15, 0.2) is 11.6 Å². The van der Waals surface area contributed by atoms with E-state index in [0.29, 0.717) is 17.6 Å². The SMILES string of the molecule is Cc1cccc(-n2nc(C(=O)N3CCC(N(C)C)CC3)nc2-c2ccco2)c1. The van der Waals surface area contributed by atoms with Crippen molar-refractivity contribution >= 4 is 5.91 Å². The van der Waals surface area contributed by atoms with E-state index in [1.807, 2.05) is 42.2 Å². The van der Waals surface area contributed by atoms with Gasteiger partial charge >= 0.3 is 0 Å². The first kappa shape index (κ1) is 18.4. The molecule has 7 heteroatoms. The van der Waals surface area contributed by atoms with Gasteiger partial charge in [-0.25, -0.2) is 4.68 Å². The summed E-state index contributed by atoms with van der Waals surface area (Å²) >= 11 is 0. The molecule has 0 saturated carbocycles. The number of aryl methyl sites for hydroxylation is 1. The summed E-state index contributed by atoms with van der Waals surface area (Å²) in [6.07, 6.45) is 3.52. The monoisotopic (exact) mass is 379 g/mol. The van der Waals surface area contributed by atoms with E-state index in [1.54, 1.807) is 17.0 Å². The van der Waals surface area contributed by atoms with Gasteiger partial charge in [-0.05, 0) is 63.7 Å². The molecule has 3 aromatic rings. The van der Waals surface area contributed by atoms with Crippen LogP contribution >= 0.6 is 0 Å². The third kappa shape index (κ3) is 3.57. The van der Waals surface area contributed by atoms with Crippen molar-refractivity contribution < 1.29 is 9.21 Å². The van der Waals surface area contributed by atoms with Crippen molar-refractivity contribution in [2.75, 3.05) is 27.2 Å². The first-order valence-corrected chi connectivity index (χ1v) is 9.56. The van der Waals surface area contributed by atoms with Crippen LogP contribution in [0.5, 0.6) is 0 Å². The number of carbonyl (C=O) groups excluding carboxylic acids is 1. The number of hydrogen-bond acceptors (Lipinski definition) is 5. The van der Waals surface area contributed by atoms with Crippen LogP contribution < -0.4 is 0 Å². The van der Waals surface area contributed by atoms with Crippen molar-refractivity contribution in [3.05, 3.63) is 54.0 Å². The summed E-state index contributed by atoms with van der Waals surface area (Å²) in [4.78, 5) is 21.7. The van der Waals surface area contributed by atoms with Crippen molar-refractivity contribution in [1.29, 1.82) is 0 Å². The molecule has 1 saturated heterocycles. The van der Waals surface area contributed by atoms with E-state index >= 15 is 0 Å². The second-order valence-electron chi connectivity index (χ2n) is 7.47.